The molecule has 0 radical (unpaired) electrons. The molecule has 0 saturated carbocycles. The van der Waals surface area contributed by atoms with Crippen molar-refractivity contribution in [1.82, 2.24) is 30.4 Å². The first kappa shape index (κ1) is 21.7. The topological polar surface area (TPSA) is 136 Å². The number of carbonyl (C=O) groups is 1. The Bertz CT molecular complexity index is 1170. The van der Waals surface area contributed by atoms with Gasteiger partial charge in [-0.3, -0.25) is 14.6 Å². The van der Waals surface area contributed by atoms with Crippen LogP contribution in [0.25, 0.3) is 5.95 Å². The number of rotatable bonds is 8. The minimum Gasteiger partial charge on any atom is -0.493 e. The largest absolute Gasteiger partial charge is 0.493 e. The fourth-order valence-corrected chi connectivity index (χ4v) is 2.62. The average Bonchev–Trinajstić information content (AvgIpc) is 3.16. The predicted octanol–water partition coefficient (Wildman–Crippen LogP) is 1.53. The van der Waals surface area contributed by atoms with Crippen molar-refractivity contribution in [2.45, 2.75) is 27.2 Å². The van der Waals surface area contributed by atoms with E-state index in [2.05, 4.69) is 30.8 Å². The van der Waals surface area contributed by atoms with Crippen molar-refractivity contribution in [2.24, 2.45) is 5.10 Å². The van der Waals surface area contributed by atoms with Gasteiger partial charge in [-0.2, -0.15) is 14.9 Å². The molecule has 0 bridgehead atoms. The number of benzene rings is 1. The molecule has 1 aromatic carbocycles. The normalized spacial score (nSPS) is 11.0. The fraction of sp³-hybridized carbons (Fsp3) is 0.300. The lowest BCUT2D eigenvalue weighted by molar-refractivity contribution is 0.0947. The average molecular weight is 425 g/mol. The van der Waals surface area contributed by atoms with E-state index in [1.54, 1.807) is 38.3 Å². The Kier molecular flexibility index (Phi) is 6.75. The van der Waals surface area contributed by atoms with Crippen LogP contribution in [0.5, 0.6) is 11.5 Å². The number of aromatic nitrogens is 5. The molecule has 162 valence electrons. The number of aromatic amines is 1. The maximum absolute atomic E-state index is 12.6. The molecule has 0 aliphatic rings. The maximum atomic E-state index is 12.6. The minimum atomic E-state index is -0.531. The summed E-state index contributed by atoms with van der Waals surface area (Å²) < 4.78 is 12.2. The van der Waals surface area contributed by atoms with Crippen LogP contribution in [0.1, 0.15) is 40.8 Å². The van der Waals surface area contributed by atoms with E-state index in [0.717, 1.165) is 6.42 Å². The van der Waals surface area contributed by atoms with Crippen LogP contribution in [-0.4, -0.2) is 50.8 Å². The van der Waals surface area contributed by atoms with Crippen molar-refractivity contribution in [1.29, 1.82) is 0 Å². The molecule has 0 aliphatic carbocycles. The summed E-state index contributed by atoms with van der Waals surface area (Å²) in [7, 11) is 1.57. The molecule has 0 saturated heterocycles. The van der Waals surface area contributed by atoms with Crippen molar-refractivity contribution < 1.29 is 14.3 Å². The van der Waals surface area contributed by atoms with Gasteiger partial charge in [0.1, 0.15) is 11.4 Å². The van der Waals surface area contributed by atoms with Crippen LogP contribution in [0.3, 0.4) is 0 Å². The Hall–Kier alpha value is -4.02. The van der Waals surface area contributed by atoms with Crippen molar-refractivity contribution in [3.63, 3.8) is 0 Å². The van der Waals surface area contributed by atoms with Crippen LogP contribution < -0.4 is 20.5 Å². The van der Waals surface area contributed by atoms with Crippen molar-refractivity contribution >= 4 is 12.1 Å². The molecule has 11 heteroatoms. The van der Waals surface area contributed by atoms with Crippen molar-refractivity contribution in [3.05, 3.63) is 57.3 Å². The Morgan fingerprint density at radius 2 is 2.06 bits per heavy atom. The standard InChI is InChI=1S/C20H23N7O4/c1-5-8-31-17-10-14(6-7-16(17)30-4)11-21-24-19(29)15-9-12(2)26-27(15)20-22-18(28)13(3)23-25-20/h6-7,9-11H,5,8H2,1-4H3,(H,24,29)(H,22,25,28)/b21-11-. The number of amides is 1. The second-order valence-electron chi connectivity index (χ2n) is 6.60. The molecule has 0 spiro atoms. The quantitative estimate of drug-likeness (QED) is 0.412. The van der Waals surface area contributed by atoms with E-state index in [9.17, 15) is 9.59 Å². The van der Waals surface area contributed by atoms with Gasteiger partial charge in [-0.25, -0.2) is 5.43 Å². The number of nitrogens with zero attached hydrogens (tertiary/aromatic N) is 5. The van der Waals surface area contributed by atoms with Crippen LogP contribution >= 0.6 is 0 Å². The molecule has 2 heterocycles. The van der Waals surface area contributed by atoms with Gasteiger partial charge in [0.2, 0.25) is 0 Å². The monoisotopic (exact) mass is 425 g/mol. The number of ether oxygens (including phenoxy) is 2. The van der Waals surface area contributed by atoms with E-state index < -0.39 is 11.5 Å². The summed E-state index contributed by atoms with van der Waals surface area (Å²) >= 11 is 0. The summed E-state index contributed by atoms with van der Waals surface area (Å²) in [5.74, 6) is 0.708. The lowest BCUT2D eigenvalue weighted by Gasteiger charge is -2.10. The van der Waals surface area contributed by atoms with Gasteiger partial charge in [-0.05, 0) is 50.1 Å². The number of methoxy groups -OCH3 is 1. The van der Waals surface area contributed by atoms with Gasteiger partial charge in [0.15, 0.2) is 11.5 Å². The highest BCUT2D eigenvalue weighted by molar-refractivity contribution is 5.94. The van der Waals surface area contributed by atoms with Crippen molar-refractivity contribution in [2.75, 3.05) is 13.7 Å². The van der Waals surface area contributed by atoms with Gasteiger partial charge < -0.3 is 9.47 Å². The number of hydrogen-bond donors (Lipinski definition) is 2. The van der Waals surface area contributed by atoms with E-state index >= 15 is 0 Å². The molecule has 0 atom stereocenters. The summed E-state index contributed by atoms with van der Waals surface area (Å²) in [6, 6.07) is 6.87. The molecule has 2 N–H and O–H groups in total. The van der Waals surface area contributed by atoms with Crippen LogP contribution in [0, 0.1) is 13.8 Å². The van der Waals surface area contributed by atoms with E-state index in [1.807, 2.05) is 6.92 Å². The first-order valence-electron chi connectivity index (χ1n) is 9.57. The molecular weight excluding hydrogens is 402 g/mol. The second kappa shape index (κ2) is 9.65. The predicted molar refractivity (Wildman–Crippen MR) is 113 cm³/mol. The van der Waals surface area contributed by atoms with Gasteiger partial charge >= 0.3 is 0 Å². The Balaban J connectivity index is 1.78. The number of nitrogens with one attached hydrogen (secondary N) is 2. The zero-order valence-corrected chi connectivity index (χ0v) is 17.7. The highest BCUT2D eigenvalue weighted by Gasteiger charge is 2.17. The number of aryl methyl sites for hydroxylation is 2. The smallest absolute Gasteiger partial charge is 0.290 e. The Morgan fingerprint density at radius 3 is 2.77 bits per heavy atom. The third-order valence-corrected chi connectivity index (χ3v) is 4.14. The minimum absolute atomic E-state index is 0.0331. The molecule has 11 nitrogen and oxygen atoms in total. The summed E-state index contributed by atoms with van der Waals surface area (Å²) in [6.45, 7) is 5.81. The molecule has 3 rings (SSSR count). The number of hydrazone groups is 1. The molecule has 31 heavy (non-hydrogen) atoms. The van der Waals surface area contributed by atoms with Gasteiger partial charge in [-0.15, -0.1) is 10.2 Å². The molecule has 3 aromatic rings. The number of carbonyl (C=O) groups excluding carboxylic acids is 1. The van der Waals surface area contributed by atoms with E-state index in [1.165, 1.54) is 17.8 Å². The molecule has 2 aromatic heterocycles. The van der Waals surface area contributed by atoms with Crippen LogP contribution in [0.2, 0.25) is 0 Å². The van der Waals surface area contributed by atoms with E-state index in [4.69, 9.17) is 9.47 Å². The fourth-order valence-electron chi connectivity index (χ4n) is 2.62. The first-order valence-corrected chi connectivity index (χ1v) is 9.57. The maximum Gasteiger partial charge on any atom is 0.290 e. The third kappa shape index (κ3) is 5.13. The van der Waals surface area contributed by atoms with E-state index in [-0.39, 0.29) is 17.3 Å². The Labute approximate surface area is 178 Å². The summed E-state index contributed by atoms with van der Waals surface area (Å²) in [5, 5.41) is 15.9. The third-order valence-electron chi connectivity index (χ3n) is 4.14. The van der Waals surface area contributed by atoms with Gasteiger partial charge in [0.05, 0.1) is 25.6 Å². The lowest BCUT2D eigenvalue weighted by atomic mass is 10.2. The van der Waals surface area contributed by atoms with Crippen molar-refractivity contribution in [3.8, 4) is 17.4 Å². The van der Waals surface area contributed by atoms with Gasteiger partial charge in [0.25, 0.3) is 17.4 Å². The zero-order valence-electron chi connectivity index (χ0n) is 17.7. The summed E-state index contributed by atoms with van der Waals surface area (Å²) in [4.78, 5) is 27.0. The zero-order chi connectivity index (χ0) is 22.4. The lowest BCUT2D eigenvalue weighted by Crippen LogP contribution is -2.24. The van der Waals surface area contributed by atoms with Crippen LogP contribution in [0.15, 0.2) is 34.2 Å². The SMILES string of the molecule is CCCOc1cc(/C=N\NC(=O)c2cc(C)nn2-c2nnc(C)c(=O)[nH]2)ccc1OC. The van der Waals surface area contributed by atoms with Gasteiger partial charge in [-0.1, -0.05) is 6.92 Å². The summed E-state index contributed by atoms with van der Waals surface area (Å²) in [6.07, 6.45) is 2.35. The van der Waals surface area contributed by atoms with Crippen LogP contribution in [-0.2, 0) is 0 Å². The highest BCUT2D eigenvalue weighted by Crippen LogP contribution is 2.27. The Morgan fingerprint density at radius 1 is 1.26 bits per heavy atom. The first-order chi connectivity index (χ1) is 14.9. The molecule has 0 fully saturated rings. The molecule has 0 aliphatic heterocycles. The summed E-state index contributed by atoms with van der Waals surface area (Å²) in [5.41, 5.74) is 3.66. The number of H-pyrrole nitrogens is 1. The molecule has 1 amide bonds. The van der Waals surface area contributed by atoms with Gasteiger partial charge in [0, 0.05) is 0 Å². The molecule has 0 unspecified atom stereocenters. The number of hydrogen-bond acceptors (Lipinski definition) is 8. The molecular formula is C20H23N7O4. The second-order valence-corrected chi connectivity index (χ2v) is 6.60. The van der Waals surface area contributed by atoms with Crippen LogP contribution in [0.4, 0.5) is 0 Å². The highest BCUT2D eigenvalue weighted by atomic mass is 16.5. The van der Waals surface area contributed by atoms with E-state index in [0.29, 0.717) is 29.4 Å².